The van der Waals surface area contributed by atoms with E-state index in [1.54, 1.807) is 35.2 Å². The number of amides is 1. The van der Waals surface area contributed by atoms with Crippen molar-refractivity contribution in [3.63, 3.8) is 0 Å². The highest BCUT2D eigenvalue weighted by atomic mass is 32.2. The van der Waals surface area contributed by atoms with E-state index in [2.05, 4.69) is 4.74 Å². The SMILES string of the molecule is O=C1N(c2ccc(OC(F)(F)F)cc2)CC[C@]12CC[C@@H](S(=O)(=O)c1ccccc1)CC2. The molecule has 1 aliphatic heterocycles. The zero-order chi connectivity index (χ0) is 22.3. The van der Waals surface area contributed by atoms with E-state index in [-0.39, 0.29) is 11.7 Å². The molecule has 1 amide bonds. The summed E-state index contributed by atoms with van der Waals surface area (Å²) >= 11 is 0. The monoisotopic (exact) mass is 453 g/mol. The molecule has 1 saturated heterocycles. The van der Waals surface area contributed by atoms with Crippen molar-refractivity contribution < 1.29 is 31.1 Å². The Hall–Kier alpha value is -2.55. The van der Waals surface area contributed by atoms with Crippen LogP contribution in [0, 0.1) is 5.41 Å². The summed E-state index contributed by atoms with van der Waals surface area (Å²) in [7, 11) is -3.44. The Morgan fingerprint density at radius 1 is 0.935 bits per heavy atom. The van der Waals surface area contributed by atoms with Gasteiger partial charge in [0.1, 0.15) is 5.75 Å². The van der Waals surface area contributed by atoms with Crippen LogP contribution in [0.4, 0.5) is 18.9 Å². The molecule has 4 rings (SSSR count). The first kappa shape index (κ1) is 21.7. The molecule has 1 heterocycles. The Morgan fingerprint density at radius 3 is 2.13 bits per heavy atom. The molecule has 31 heavy (non-hydrogen) atoms. The van der Waals surface area contributed by atoms with Crippen LogP contribution in [0.25, 0.3) is 0 Å². The quantitative estimate of drug-likeness (QED) is 0.672. The Balaban J connectivity index is 1.44. The Kier molecular flexibility index (Phi) is 5.49. The number of hydrogen-bond acceptors (Lipinski definition) is 4. The van der Waals surface area contributed by atoms with Crippen LogP contribution in [-0.4, -0.2) is 32.5 Å². The topological polar surface area (TPSA) is 63.7 Å². The average Bonchev–Trinajstić information content (AvgIpc) is 3.04. The molecule has 0 bridgehead atoms. The molecule has 2 aromatic rings. The molecule has 0 unspecified atom stereocenters. The maximum Gasteiger partial charge on any atom is 0.573 e. The van der Waals surface area contributed by atoms with Crippen LogP contribution in [0.2, 0.25) is 0 Å². The first-order chi connectivity index (χ1) is 14.6. The molecule has 1 aliphatic carbocycles. The van der Waals surface area contributed by atoms with Crippen LogP contribution >= 0.6 is 0 Å². The highest BCUT2D eigenvalue weighted by Gasteiger charge is 2.50. The zero-order valence-corrected chi connectivity index (χ0v) is 17.5. The minimum atomic E-state index is -4.77. The predicted molar refractivity (Wildman–Crippen MR) is 108 cm³/mol. The van der Waals surface area contributed by atoms with Crippen LogP contribution in [0.3, 0.4) is 0 Å². The average molecular weight is 453 g/mol. The third-order valence-electron chi connectivity index (χ3n) is 6.30. The standard InChI is InChI=1S/C22H22F3NO4S/c23-22(24,25)30-17-8-6-16(7-9-17)26-15-14-21(20(26)27)12-10-19(11-13-21)31(28,29)18-4-2-1-3-5-18/h1-9,19H,10-15H2/t19-,21-. The number of anilines is 1. The second-order valence-corrected chi connectivity index (χ2v) is 10.3. The van der Waals surface area contributed by atoms with Gasteiger partial charge >= 0.3 is 6.36 Å². The first-order valence-corrected chi connectivity index (χ1v) is 11.6. The van der Waals surface area contributed by atoms with E-state index in [1.165, 1.54) is 24.3 Å². The van der Waals surface area contributed by atoms with Crippen molar-refractivity contribution in [1.29, 1.82) is 0 Å². The van der Waals surface area contributed by atoms with Gasteiger partial charge in [-0.1, -0.05) is 18.2 Å². The summed E-state index contributed by atoms with van der Waals surface area (Å²) in [6, 6.07) is 13.6. The van der Waals surface area contributed by atoms with Crippen LogP contribution in [0.5, 0.6) is 5.75 Å². The van der Waals surface area contributed by atoms with Crippen molar-refractivity contribution in [2.75, 3.05) is 11.4 Å². The molecule has 9 heteroatoms. The highest BCUT2D eigenvalue weighted by molar-refractivity contribution is 7.92. The molecule has 2 aromatic carbocycles. The molecule has 1 spiro atoms. The second-order valence-electron chi connectivity index (χ2n) is 8.09. The van der Waals surface area contributed by atoms with Gasteiger partial charge in [-0.2, -0.15) is 0 Å². The smallest absolute Gasteiger partial charge is 0.406 e. The van der Waals surface area contributed by atoms with Crippen LogP contribution < -0.4 is 9.64 Å². The van der Waals surface area contributed by atoms with Gasteiger partial charge in [-0.3, -0.25) is 4.79 Å². The van der Waals surface area contributed by atoms with Gasteiger partial charge in [0.05, 0.1) is 15.6 Å². The lowest BCUT2D eigenvalue weighted by Gasteiger charge is -2.35. The van der Waals surface area contributed by atoms with E-state index in [0.717, 1.165) is 0 Å². The number of nitrogens with zero attached hydrogens (tertiary/aromatic N) is 1. The van der Waals surface area contributed by atoms with Crippen molar-refractivity contribution >= 4 is 21.4 Å². The van der Waals surface area contributed by atoms with Crippen molar-refractivity contribution in [1.82, 2.24) is 0 Å². The fraction of sp³-hybridized carbons (Fsp3) is 0.409. The maximum atomic E-state index is 13.2. The van der Waals surface area contributed by atoms with Crippen molar-refractivity contribution in [2.45, 2.75) is 48.6 Å². The van der Waals surface area contributed by atoms with Gasteiger partial charge in [0.2, 0.25) is 5.91 Å². The number of benzene rings is 2. The van der Waals surface area contributed by atoms with Crippen LogP contribution in [0.1, 0.15) is 32.1 Å². The molecule has 1 saturated carbocycles. The van der Waals surface area contributed by atoms with Gasteiger partial charge in [0, 0.05) is 12.2 Å². The first-order valence-electron chi connectivity index (χ1n) is 10.1. The van der Waals surface area contributed by atoms with E-state index in [1.807, 2.05) is 0 Å². The summed E-state index contributed by atoms with van der Waals surface area (Å²) in [4.78, 5) is 15.1. The molecule has 166 valence electrons. The fourth-order valence-electron chi connectivity index (χ4n) is 4.62. The Morgan fingerprint density at radius 2 is 1.55 bits per heavy atom. The molecule has 0 N–H and O–H groups in total. The summed E-state index contributed by atoms with van der Waals surface area (Å²) in [6.07, 6.45) is -2.38. The molecule has 0 atom stereocenters. The summed E-state index contributed by atoms with van der Waals surface area (Å²) in [5.41, 5.74) is -0.0976. The second kappa shape index (κ2) is 7.85. The molecule has 5 nitrogen and oxygen atoms in total. The Labute approximate surface area is 178 Å². The van der Waals surface area contributed by atoms with E-state index < -0.39 is 26.9 Å². The highest BCUT2D eigenvalue weighted by Crippen LogP contribution is 2.48. The van der Waals surface area contributed by atoms with E-state index in [4.69, 9.17) is 0 Å². The largest absolute Gasteiger partial charge is 0.573 e. The lowest BCUT2D eigenvalue weighted by Crippen LogP contribution is -2.40. The van der Waals surface area contributed by atoms with Crippen LogP contribution in [-0.2, 0) is 14.6 Å². The molecule has 0 aromatic heterocycles. The molecule has 0 radical (unpaired) electrons. The lowest BCUT2D eigenvalue weighted by molar-refractivity contribution is -0.274. The van der Waals surface area contributed by atoms with Gasteiger partial charge in [-0.15, -0.1) is 13.2 Å². The predicted octanol–water partition coefficient (Wildman–Crippen LogP) is 4.72. The normalized spacial score (nSPS) is 24.5. The summed E-state index contributed by atoms with van der Waals surface area (Å²) < 4.78 is 66.7. The number of sulfone groups is 1. The number of carbonyl (C=O) groups is 1. The van der Waals surface area contributed by atoms with Gasteiger partial charge in [-0.05, 0) is 68.5 Å². The van der Waals surface area contributed by atoms with E-state index in [0.29, 0.717) is 49.2 Å². The fourth-order valence-corrected chi connectivity index (χ4v) is 6.39. The van der Waals surface area contributed by atoms with Gasteiger partial charge in [-0.25, -0.2) is 8.42 Å². The minimum absolute atomic E-state index is 0.0902. The Bertz CT molecular complexity index is 1040. The number of alkyl halides is 3. The summed E-state index contributed by atoms with van der Waals surface area (Å²) in [5, 5.41) is -0.513. The number of hydrogen-bond donors (Lipinski definition) is 0. The number of ether oxygens (including phenoxy) is 1. The molecule has 2 fully saturated rings. The van der Waals surface area contributed by atoms with Gasteiger partial charge in [0.25, 0.3) is 0 Å². The van der Waals surface area contributed by atoms with Crippen molar-refractivity contribution in [3.05, 3.63) is 54.6 Å². The van der Waals surface area contributed by atoms with E-state index >= 15 is 0 Å². The van der Waals surface area contributed by atoms with Gasteiger partial charge < -0.3 is 9.64 Å². The number of rotatable bonds is 4. The summed E-state index contributed by atoms with van der Waals surface area (Å²) in [6.45, 7) is 0.453. The van der Waals surface area contributed by atoms with Crippen LogP contribution in [0.15, 0.2) is 59.5 Å². The molecular weight excluding hydrogens is 431 g/mol. The molecular formula is C22H22F3NO4S. The van der Waals surface area contributed by atoms with Crippen molar-refractivity contribution in [2.24, 2.45) is 5.41 Å². The van der Waals surface area contributed by atoms with Crippen molar-refractivity contribution in [3.8, 4) is 5.75 Å². The lowest BCUT2D eigenvalue weighted by atomic mass is 9.73. The van der Waals surface area contributed by atoms with Gasteiger partial charge in [0.15, 0.2) is 9.84 Å². The third-order valence-corrected chi connectivity index (χ3v) is 8.57. The number of halogens is 3. The minimum Gasteiger partial charge on any atom is -0.406 e. The number of carbonyl (C=O) groups excluding carboxylic acids is 1. The maximum absolute atomic E-state index is 13.2. The summed E-state index contributed by atoms with van der Waals surface area (Å²) in [5.74, 6) is -0.434. The van der Waals surface area contributed by atoms with E-state index in [9.17, 15) is 26.4 Å². The third kappa shape index (κ3) is 4.28. The molecule has 2 aliphatic rings. The zero-order valence-electron chi connectivity index (χ0n) is 16.6.